The first-order valence-corrected chi connectivity index (χ1v) is 7.71. The number of rotatable bonds is 2. The fourth-order valence-corrected chi connectivity index (χ4v) is 3.72. The molecule has 21 heavy (non-hydrogen) atoms. The van der Waals surface area contributed by atoms with Gasteiger partial charge in [0.25, 0.3) is 0 Å². The minimum Gasteiger partial charge on any atom is -0.363 e. The zero-order valence-electron chi connectivity index (χ0n) is 12.3. The van der Waals surface area contributed by atoms with E-state index in [1.807, 2.05) is 11.8 Å². The summed E-state index contributed by atoms with van der Waals surface area (Å²) < 4.78 is 40.8. The Labute approximate surface area is 123 Å². The van der Waals surface area contributed by atoms with E-state index in [1.165, 1.54) is 0 Å². The highest BCUT2D eigenvalue weighted by atomic mass is 19.2. The van der Waals surface area contributed by atoms with Gasteiger partial charge in [-0.15, -0.1) is 0 Å². The van der Waals surface area contributed by atoms with Gasteiger partial charge in [-0.25, -0.2) is 13.2 Å². The largest absolute Gasteiger partial charge is 0.363 e. The second kappa shape index (κ2) is 5.52. The van der Waals surface area contributed by atoms with Crippen molar-refractivity contribution in [2.75, 3.05) is 18.0 Å². The Balaban J connectivity index is 1.94. The van der Waals surface area contributed by atoms with Gasteiger partial charge < -0.3 is 10.2 Å². The Hall–Kier alpha value is -1.23. The summed E-state index contributed by atoms with van der Waals surface area (Å²) in [6.07, 6.45) is 5.29. The first kappa shape index (κ1) is 14.7. The fraction of sp³-hybridized carbons (Fsp3) is 0.625. The second-order valence-corrected chi connectivity index (χ2v) is 6.28. The van der Waals surface area contributed by atoms with Gasteiger partial charge in [-0.2, -0.15) is 0 Å². The molecule has 1 saturated heterocycles. The van der Waals surface area contributed by atoms with Crippen molar-refractivity contribution in [2.45, 2.75) is 50.6 Å². The van der Waals surface area contributed by atoms with E-state index in [0.717, 1.165) is 44.7 Å². The molecule has 3 rings (SSSR count). The number of anilines is 1. The molecule has 2 fully saturated rings. The lowest BCUT2D eigenvalue weighted by Gasteiger charge is -2.47. The molecule has 1 spiro atoms. The molecule has 2 aliphatic rings. The zero-order valence-corrected chi connectivity index (χ0v) is 12.3. The normalized spacial score (nSPS) is 24.8. The van der Waals surface area contributed by atoms with Crippen molar-refractivity contribution in [1.29, 1.82) is 0 Å². The molecule has 1 saturated carbocycles. The molecule has 1 atom stereocenters. The van der Waals surface area contributed by atoms with Crippen molar-refractivity contribution in [3.05, 3.63) is 29.6 Å². The highest BCUT2D eigenvalue weighted by Crippen LogP contribution is 2.36. The predicted molar refractivity (Wildman–Crippen MR) is 76.9 cm³/mol. The lowest BCUT2D eigenvalue weighted by molar-refractivity contribution is 0.266. The van der Waals surface area contributed by atoms with E-state index in [9.17, 15) is 13.2 Å². The lowest BCUT2D eigenvalue weighted by Crippen LogP contribution is -2.63. The Kier molecular flexibility index (Phi) is 3.86. The third-order valence-corrected chi connectivity index (χ3v) is 4.96. The minimum atomic E-state index is -1.13. The average molecular weight is 298 g/mol. The average Bonchev–Trinajstić information content (AvgIpc) is 2.91. The van der Waals surface area contributed by atoms with Gasteiger partial charge in [0.15, 0.2) is 11.6 Å². The molecule has 1 unspecified atom stereocenters. The molecule has 5 heteroatoms. The van der Waals surface area contributed by atoms with Crippen LogP contribution in [0.1, 0.15) is 39.0 Å². The topological polar surface area (TPSA) is 15.3 Å². The molecule has 1 aliphatic heterocycles. The van der Waals surface area contributed by atoms with Gasteiger partial charge in [0.05, 0.1) is 5.69 Å². The van der Waals surface area contributed by atoms with Gasteiger partial charge in [0.1, 0.15) is 5.82 Å². The van der Waals surface area contributed by atoms with Crippen molar-refractivity contribution in [3.8, 4) is 0 Å². The van der Waals surface area contributed by atoms with Crippen LogP contribution in [0.15, 0.2) is 12.1 Å². The predicted octanol–water partition coefficient (Wildman–Crippen LogP) is 3.60. The third-order valence-electron chi connectivity index (χ3n) is 4.96. The Morgan fingerprint density at radius 2 is 1.81 bits per heavy atom. The van der Waals surface area contributed by atoms with Crippen LogP contribution in [-0.2, 0) is 0 Å². The molecule has 1 aromatic carbocycles. The maximum absolute atomic E-state index is 14.1. The van der Waals surface area contributed by atoms with Crippen LogP contribution in [0.3, 0.4) is 0 Å². The van der Waals surface area contributed by atoms with Crippen molar-refractivity contribution < 1.29 is 13.2 Å². The highest BCUT2D eigenvalue weighted by molar-refractivity contribution is 5.51. The van der Waals surface area contributed by atoms with Crippen LogP contribution in [-0.4, -0.2) is 24.7 Å². The van der Waals surface area contributed by atoms with E-state index in [4.69, 9.17) is 0 Å². The summed E-state index contributed by atoms with van der Waals surface area (Å²) in [6, 6.07) is 1.76. The van der Waals surface area contributed by atoms with Gasteiger partial charge >= 0.3 is 0 Å². The van der Waals surface area contributed by atoms with Crippen LogP contribution in [0.5, 0.6) is 0 Å². The quantitative estimate of drug-likeness (QED) is 0.839. The number of nitrogens with one attached hydrogen (secondary N) is 1. The van der Waals surface area contributed by atoms with Crippen LogP contribution in [0, 0.1) is 17.5 Å². The van der Waals surface area contributed by atoms with Crippen LogP contribution in [0.25, 0.3) is 0 Å². The SMILES string of the molecule is CCC1CNC2(CCCC2)CN1c1cc(F)c(F)cc1F. The Morgan fingerprint density at radius 3 is 2.48 bits per heavy atom. The van der Waals surface area contributed by atoms with E-state index in [-0.39, 0.29) is 17.3 Å². The van der Waals surface area contributed by atoms with Crippen molar-refractivity contribution in [3.63, 3.8) is 0 Å². The zero-order chi connectivity index (χ0) is 15.0. The van der Waals surface area contributed by atoms with Crippen LogP contribution in [0.2, 0.25) is 0 Å². The third kappa shape index (κ3) is 2.63. The number of hydrogen-bond donors (Lipinski definition) is 1. The van der Waals surface area contributed by atoms with Gasteiger partial charge in [0, 0.05) is 36.8 Å². The molecule has 0 bridgehead atoms. The van der Waals surface area contributed by atoms with Gasteiger partial charge in [-0.1, -0.05) is 19.8 Å². The summed E-state index contributed by atoms with van der Waals surface area (Å²) in [6.45, 7) is 3.45. The maximum atomic E-state index is 14.1. The minimum absolute atomic E-state index is 0.00295. The Bertz CT molecular complexity index is 526. The summed E-state index contributed by atoms with van der Waals surface area (Å²) in [5.41, 5.74) is 0.191. The summed E-state index contributed by atoms with van der Waals surface area (Å²) in [5, 5.41) is 3.61. The first-order chi connectivity index (χ1) is 10.0. The van der Waals surface area contributed by atoms with Gasteiger partial charge in [0.2, 0.25) is 0 Å². The summed E-state index contributed by atoms with van der Waals surface area (Å²) in [7, 11) is 0. The first-order valence-electron chi connectivity index (χ1n) is 7.71. The lowest BCUT2D eigenvalue weighted by atomic mass is 9.91. The van der Waals surface area contributed by atoms with E-state index >= 15 is 0 Å². The second-order valence-electron chi connectivity index (χ2n) is 6.28. The summed E-state index contributed by atoms with van der Waals surface area (Å²) in [4.78, 5) is 1.93. The van der Waals surface area contributed by atoms with Crippen molar-refractivity contribution in [2.24, 2.45) is 0 Å². The number of halogens is 3. The van der Waals surface area contributed by atoms with E-state index in [1.54, 1.807) is 0 Å². The molecule has 116 valence electrons. The highest BCUT2D eigenvalue weighted by Gasteiger charge is 2.41. The smallest absolute Gasteiger partial charge is 0.161 e. The fourth-order valence-electron chi connectivity index (χ4n) is 3.72. The number of nitrogens with zero attached hydrogens (tertiary/aromatic N) is 1. The molecule has 1 N–H and O–H groups in total. The molecule has 1 heterocycles. The molecule has 1 aliphatic carbocycles. The molecule has 2 nitrogen and oxygen atoms in total. The van der Waals surface area contributed by atoms with E-state index in [2.05, 4.69) is 5.32 Å². The summed E-state index contributed by atoms with van der Waals surface area (Å²) >= 11 is 0. The molecular weight excluding hydrogens is 277 g/mol. The van der Waals surface area contributed by atoms with Crippen molar-refractivity contribution in [1.82, 2.24) is 5.32 Å². The number of hydrogen-bond acceptors (Lipinski definition) is 2. The van der Waals surface area contributed by atoms with Gasteiger partial charge in [-0.3, -0.25) is 0 Å². The Morgan fingerprint density at radius 1 is 1.14 bits per heavy atom. The molecular formula is C16H21F3N2. The van der Waals surface area contributed by atoms with Crippen LogP contribution >= 0.6 is 0 Å². The molecule has 0 aromatic heterocycles. The van der Waals surface area contributed by atoms with Crippen LogP contribution in [0.4, 0.5) is 18.9 Å². The van der Waals surface area contributed by atoms with E-state index < -0.39 is 17.5 Å². The monoisotopic (exact) mass is 298 g/mol. The maximum Gasteiger partial charge on any atom is 0.161 e. The number of piperazine rings is 1. The van der Waals surface area contributed by atoms with Crippen LogP contribution < -0.4 is 10.2 Å². The number of benzene rings is 1. The molecule has 0 amide bonds. The van der Waals surface area contributed by atoms with Gasteiger partial charge in [-0.05, 0) is 19.3 Å². The molecule has 1 aromatic rings. The van der Waals surface area contributed by atoms with E-state index in [0.29, 0.717) is 12.6 Å². The standard InChI is InChI=1S/C16H21F3N2/c1-2-11-9-20-16(5-3-4-6-16)10-21(11)15-8-13(18)12(17)7-14(15)19/h7-8,11,20H,2-6,9-10H2,1H3. The van der Waals surface area contributed by atoms with Crippen molar-refractivity contribution >= 4 is 5.69 Å². The summed E-state index contributed by atoms with van der Waals surface area (Å²) in [5.74, 6) is -2.79. The molecule has 0 radical (unpaired) electrons.